The molecule has 2 rings (SSSR count). The normalized spacial score (nSPS) is 16.9. The summed E-state index contributed by atoms with van der Waals surface area (Å²) in [6.45, 7) is 5.04. The number of hydrogen-bond donors (Lipinski definition) is 2. The van der Waals surface area contributed by atoms with E-state index >= 15 is 0 Å². The molecule has 20 heavy (non-hydrogen) atoms. The van der Waals surface area contributed by atoms with E-state index in [2.05, 4.69) is 5.32 Å². The molecule has 1 amide bonds. The Morgan fingerprint density at radius 3 is 2.95 bits per heavy atom. The predicted octanol–water partition coefficient (Wildman–Crippen LogP) is 1.93. The molecule has 0 spiro atoms. The van der Waals surface area contributed by atoms with Crippen LogP contribution in [0, 0.1) is 5.92 Å². The average Bonchev–Trinajstić information content (AvgIpc) is 3.06. The molecule has 0 aliphatic heterocycles. The Kier molecular flexibility index (Phi) is 5.18. The van der Waals surface area contributed by atoms with Crippen LogP contribution in [0.2, 0.25) is 0 Å². The van der Waals surface area contributed by atoms with Gasteiger partial charge in [-0.3, -0.25) is 4.79 Å². The van der Waals surface area contributed by atoms with E-state index < -0.39 is 11.5 Å². The Hall–Kier alpha value is -0.910. The lowest BCUT2D eigenvalue weighted by Gasteiger charge is -2.23. The van der Waals surface area contributed by atoms with Gasteiger partial charge in [-0.25, -0.2) is 0 Å². The molecule has 1 aromatic rings. The molecule has 0 bridgehead atoms. The van der Waals surface area contributed by atoms with Gasteiger partial charge in [-0.1, -0.05) is 6.07 Å². The zero-order valence-corrected chi connectivity index (χ0v) is 12.9. The van der Waals surface area contributed by atoms with Gasteiger partial charge in [0.25, 0.3) is 0 Å². The second-order valence-electron chi connectivity index (χ2n) is 5.95. The number of aliphatic hydroxyl groups excluding tert-OH is 1. The minimum atomic E-state index is -0.642. The highest BCUT2D eigenvalue weighted by Gasteiger charge is 2.30. The zero-order valence-electron chi connectivity index (χ0n) is 12.1. The van der Waals surface area contributed by atoms with Crippen molar-refractivity contribution in [3.8, 4) is 0 Å². The number of nitrogens with one attached hydrogen (secondary N) is 1. The molecule has 112 valence electrons. The summed E-state index contributed by atoms with van der Waals surface area (Å²) in [6.07, 6.45) is 1.83. The Morgan fingerprint density at radius 2 is 2.35 bits per heavy atom. The predicted molar refractivity (Wildman–Crippen MR) is 79.9 cm³/mol. The molecular weight excluding hydrogens is 274 g/mol. The average molecular weight is 297 g/mol. The molecule has 0 radical (unpaired) electrons. The van der Waals surface area contributed by atoms with Crippen molar-refractivity contribution in [2.45, 2.75) is 38.2 Å². The van der Waals surface area contributed by atoms with Crippen molar-refractivity contribution < 1.29 is 14.6 Å². The van der Waals surface area contributed by atoms with Crippen LogP contribution in [-0.4, -0.2) is 36.9 Å². The third-order valence-electron chi connectivity index (χ3n) is 3.56. The van der Waals surface area contributed by atoms with Gasteiger partial charge in [-0.05, 0) is 44.1 Å². The van der Waals surface area contributed by atoms with Crippen LogP contribution in [0.15, 0.2) is 17.5 Å². The summed E-state index contributed by atoms with van der Waals surface area (Å²) in [4.78, 5) is 13.2. The van der Waals surface area contributed by atoms with Gasteiger partial charge >= 0.3 is 0 Å². The van der Waals surface area contributed by atoms with Crippen LogP contribution >= 0.6 is 11.3 Å². The summed E-state index contributed by atoms with van der Waals surface area (Å²) in [5, 5.41) is 14.6. The van der Waals surface area contributed by atoms with Gasteiger partial charge in [-0.15, -0.1) is 11.3 Å². The lowest BCUT2D eigenvalue weighted by molar-refractivity contribution is -0.126. The van der Waals surface area contributed by atoms with Gasteiger partial charge in [-0.2, -0.15) is 0 Å². The zero-order chi connectivity index (χ0) is 14.6. The van der Waals surface area contributed by atoms with Crippen LogP contribution in [0.5, 0.6) is 0 Å². The second-order valence-corrected chi connectivity index (χ2v) is 6.89. The lowest BCUT2D eigenvalue weighted by Crippen LogP contribution is -2.43. The monoisotopic (exact) mass is 297 g/mol. The maximum Gasteiger partial charge on any atom is 0.231 e. The topological polar surface area (TPSA) is 58.6 Å². The van der Waals surface area contributed by atoms with E-state index in [1.165, 1.54) is 12.8 Å². The fourth-order valence-corrected chi connectivity index (χ4v) is 2.74. The van der Waals surface area contributed by atoms with Crippen LogP contribution in [0.25, 0.3) is 0 Å². The molecule has 0 aromatic carbocycles. The van der Waals surface area contributed by atoms with Gasteiger partial charge in [0.15, 0.2) is 0 Å². The fourth-order valence-electron chi connectivity index (χ4n) is 1.89. The molecule has 1 aliphatic carbocycles. The summed E-state index contributed by atoms with van der Waals surface area (Å²) < 4.78 is 5.41. The summed E-state index contributed by atoms with van der Waals surface area (Å²) in [7, 11) is 0. The summed E-state index contributed by atoms with van der Waals surface area (Å²) in [5.41, 5.74) is -0.567. The number of rotatable bonds is 8. The van der Waals surface area contributed by atoms with E-state index in [0.717, 1.165) is 11.5 Å². The summed E-state index contributed by atoms with van der Waals surface area (Å²) >= 11 is 1.57. The molecule has 1 aromatic heterocycles. The van der Waals surface area contributed by atoms with Crippen molar-refractivity contribution in [3.63, 3.8) is 0 Å². The highest BCUT2D eigenvalue weighted by molar-refractivity contribution is 7.10. The number of thiophene rings is 1. The van der Waals surface area contributed by atoms with Crippen molar-refractivity contribution >= 4 is 17.2 Å². The van der Waals surface area contributed by atoms with E-state index in [9.17, 15) is 9.90 Å². The summed E-state index contributed by atoms with van der Waals surface area (Å²) in [6, 6.07) is 3.90. The molecule has 1 atom stereocenters. The number of aliphatic hydroxyl groups is 1. The minimum absolute atomic E-state index is 0.0683. The first-order valence-electron chi connectivity index (χ1n) is 7.08. The van der Waals surface area contributed by atoms with E-state index in [-0.39, 0.29) is 19.1 Å². The molecule has 1 heterocycles. The van der Waals surface area contributed by atoms with Crippen molar-refractivity contribution in [1.82, 2.24) is 5.32 Å². The number of carbonyl (C=O) groups excluding carboxylic acids is 1. The van der Waals surface area contributed by atoms with E-state index in [1.807, 2.05) is 31.4 Å². The number of carbonyl (C=O) groups is 1. The molecular formula is C15H23NO3S. The highest BCUT2D eigenvalue weighted by Crippen LogP contribution is 2.29. The van der Waals surface area contributed by atoms with E-state index in [4.69, 9.17) is 4.74 Å². The van der Waals surface area contributed by atoms with Crippen molar-refractivity contribution in [2.24, 2.45) is 5.92 Å². The molecule has 1 aliphatic rings. The second kappa shape index (κ2) is 6.70. The first-order valence-corrected chi connectivity index (χ1v) is 7.96. The Morgan fingerprint density at radius 1 is 1.60 bits per heavy atom. The van der Waals surface area contributed by atoms with Crippen LogP contribution < -0.4 is 5.32 Å². The maximum absolute atomic E-state index is 12.2. The number of hydrogen-bond acceptors (Lipinski definition) is 4. The van der Waals surface area contributed by atoms with Gasteiger partial charge in [0.1, 0.15) is 0 Å². The van der Waals surface area contributed by atoms with Gasteiger partial charge < -0.3 is 15.2 Å². The van der Waals surface area contributed by atoms with Crippen LogP contribution in [0.4, 0.5) is 0 Å². The standard InChI is InChI=1S/C15H23NO3S/c1-15(2,13-4-3-7-20-13)14(18)16-8-12(17)10-19-9-11-5-6-11/h3-4,7,11-12,17H,5-6,8-10H2,1-2H3,(H,16,18). The number of ether oxygens (including phenoxy) is 1. The smallest absolute Gasteiger partial charge is 0.231 e. The van der Waals surface area contributed by atoms with Crippen LogP contribution in [-0.2, 0) is 14.9 Å². The molecule has 2 N–H and O–H groups in total. The van der Waals surface area contributed by atoms with E-state index in [0.29, 0.717) is 5.92 Å². The fraction of sp³-hybridized carbons (Fsp3) is 0.667. The van der Waals surface area contributed by atoms with Crippen molar-refractivity contribution in [1.29, 1.82) is 0 Å². The van der Waals surface area contributed by atoms with E-state index in [1.54, 1.807) is 11.3 Å². The van der Waals surface area contributed by atoms with Crippen LogP contribution in [0.1, 0.15) is 31.6 Å². The SMILES string of the molecule is CC(C)(C(=O)NCC(O)COCC1CC1)c1cccs1. The van der Waals surface area contributed by atoms with Gasteiger partial charge in [0.2, 0.25) is 5.91 Å². The first kappa shape index (κ1) is 15.5. The molecule has 1 fully saturated rings. The first-order chi connectivity index (χ1) is 9.50. The minimum Gasteiger partial charge on any atom is -0.389 e. The molecule has 0 saturated heterocycles. The molecule has 1 unspecified atom stereocenters. The Balaban J connectivity index is 1.70. The quantitative estimate of drug-likeness (QED) is 0.771. The largest absolute Gasteiger partial charge is 0.389 e. The van der Waals surface area contributed by atoms with Crippen molar-refractivity contribution in [2.75, 3.05) is 19.8 Å². The third-order valence-corrected chi connectivity index (χ3v) is 4.76. The Bertz CT molecular complexity index is 426. The molecule has 4 nitrogen and oxygen atoms in total. The number of amides is 1. The van der Waals surface area contributed by atoms with Gasteiger partial charge in [0, 0.05) is 18.0 Å². The highest BCUT2D eigenvalue weighted by atomic mass is 32.1. The Labute approximate surface area is 124 Å². The van der Waals surface area contributed by atoms with Gasteiger partial charge in [0.05, 0.1) is 18.1 Å². The molecule has 1 saturated carbocycles. The molecule has 5 heteroatoms. The summed E-state index contributed by atoms with van der Waals surface area (Å²) in [5.74, 6) is 0.621. The van der Waals surface area contributed by atoms with Crippen LogP contribution in [0.3, 0.4) is 0 Å². The lowest BCUT2D eigenvalue weighted by atomic mass is 9.90. The maximum atomic E-state index is 12.2. The van der Waals surface area contributed by atoms with Crippen molar-refractivity contribution in [3.05, 3.63) is 22.4 Å². The third kappa shape index (κ3) is 4.30.